The van der Waals surface area contributed by atoms with Crippen molar-refractivity contribution < 1.29 is 9.53 Å². The van der Waals surface area contributed by atoms with E-state index in [4.69, 9.17) is 4.74 Å². The molecule has 2 nitrogen and oxygen atoms in total. The lowest BCUT2D eigenvalue weighted by atomic mass is 9.62. The summed E-state index contributed by atoms with van der Waals surface area (Å²) < 4.78 is 6.03. The number of allylic oxidation sites excluding steroid dienone is 2. The molecule has 0 amide bonds. The molecule has 0 radical (unpaired) electrons. The maximum Gasteiger partial charge on any atom is 0.343 e. The highest BCUT2D eigenvalue weighted by molar-refractivity contribution is 5.90. The molecule has 0 N–H and O–H groups in total. The monoisotopic (exact) mass is 360 g/mol. The zero-order valence-corrected chi connectivity index (χ0v) is 16.0. The highest BCUT2D eigenvalue weighted by atomic mass is 16.5. The summed E-state index contributed by atoms with van der Waals surface area (Å²) in [6.45, 7) is 0. The third-order valence-electron chi connectivity index (χ3n) is 6.25. The molecule has 2 aromatic carbocycles. The lowest BCUT2D eigenvalue weighted by Gasteiger charge is -2.42. The molecule has 0 unspecified atom stereocenters. The van der Waals surface area contributed by atoms with Gasteiger partial charge in [-0.05, 0) is 55.4 Å². The Kier molecular flexibility index (Phi) is 5.42. The Bertz CT molecular complexity index is 799. The van der Waals surface area contributed by atoms with Crippen molar-refractivity contribution in [1.29, 1.82) is 0 Å². The van der Waals surface area contributed by atoms with E-state index in [2.05, 4.69) is 30.3 Å². The van der Waals surface area contributed by atoms with Crippen LogP contribution in [0.5, 0.6) is 0 Å². The molecule has 0 atom stereocenters. The molecule has 140 valence electrons. The van der Waals surface area contributed by atoms with Gasteiger partial charge in [0.2, 0.25) is 0 Å². The average Bonchev–Trinajstić information content (AvgIpc) is 2.76. The minimum atomic E-state index is -0.218. The van der Waals surface area contributed by atoms with Gasteiger partial charge in [0, 0.05) is 11.8 Å². The van der Waals surface area contributed by atoms with Gasteiger partial charge in [-0.25, -0.2) is 4.79 Å². The molecule has 2 aliphatic rings. The number of ether oxygens (including phenoxy) is 1. The minimum Gasteiger partial charge on any atom is -0.427 e. The Morgan fingerprint density at radius 2 is 1.37 bits per heavy atom. The van der Waals surface area contributed by atoms with Crippen LogP contribution in [-0.4, -0.2) is 5.97 Å². The molecule has 2 heteroatoms. The Morgan fingerprint density at radius 3 is 2.07 bits per heavy atom. The molecule has 2 aromatic rings. The molecule has 4 rings (SSSR count). The van der Waals surface area contributed by atoms with Crippen LogP contribution in [0.4, 0.5) is 0 Å². The molecular weight excluding hydrogens is 332 g/mol. The molecule has 0 aliphatic heterocycles. The lowest BCUT2D eigenvalue weighted by Crippen LogP contribution is -2.34. The van der Waals surface area contributed by atoms with Crippen molar-refractivity contribution in [2.75, 3.05) is 0 Å². The molecule has 0 aromatic heterocycles. The van der Waals surface area contributed by atoms with E-state index in [1.165, 1.54) is 49.7 Å². The quantitative estimate of drug-likeness (QED) is 0.576. The van der Waals surface area contributed by atoms with Crippen LogP contribution >= 0.6 is 0 Å². The lowest BCUT2D eigenvalue weighted by molar-refractivity contribution is 0.0596. The molecule has 1 saturated carbocycles. The Balaban J connectivity index is 1.73. The van der Waals surface area contributed by atoms with Crippen molar-refractivity contribution in [3.63, 3.8) is 0 Å². The van der Waals surface area contributed by atoms with Gasteiger partial charge in [0.1, 0.15) is 5.76 Å². The normalized spacial score (nSPS) is 19.6. The largest absolute Gasteiger partial charge is 0.427 e. The number of benzene rings is 2. The SMILES string of the molecule is O=C(OC1=C(C2(c3ccccc3)CCCCC2)CCCC1)c1ccccc1. The second-order valence-electron chi connectivity index (χ2n) is 7.87. The highest BCUT2D eigenvalue weighted by Gasteiger charge is 2.40. The van der Waals surface area contributed by atoms with Gasteiger partial charge in [-0.1, -0.05) is 67.8 Å². The second kappa shape index (κ2) is 8.12. The van der Waals surface area contributed by atoms with Crippen LogP contribution in [0.15, 0.2) is 72.0 Å². The van der Waals surface area contributed by atoms with Crippen LogP contribution in [0.1, 0.15) is 73.7 Å². The third kappa shape index (κ3) is 3.71. The Hall–Kier alpha value is -2.35. The minimum absolute atomic E-state index is 0.0478. The summed E-state index contributed by atoms with van der Waals surface area (Å²) >= 11 is 0. The van der Waals surface area contributed by atoms with Gasteiger partial charge in [-0.3, -0.25) is 0 Å². The van der Waals surface area contributed by atoms with E-state index in [0.29, 0.717) is 5.56 Å². The highest BCUT2D eigenvalue weighted by Crippen LogP contribution is 2.49. The van der Waals surface area contributed by atoms with E-state index >= 15 is 0 Å². The second-order valence-corrected chi connectivity index (χ2v) is 7.87. The number of rotatable bonds is 4. The van der Waals surface area contributed by atoms with Crippen molar-refractivity contribution in [3.05, 3.63) is 83.1 Å². The molecule has 0 heterocycles. The van der Waals surface area contributed by atoms with Crippen molar-refractivity contribution in [1.82, 2.24) is 0 Å². The summed E-state index contributed by atoms with van der Waals surface area (Å²) in [5.41, 5.74) is 3.47. The zero-order valence-electron chi connectivity index (χ0n) is 16.0. The topological polar surface area (TPSA) is 26.3 Å². The van der Waals surface area contributed by atoms with Gasteiger partial charge in [-0.15, -0.1) is 0 Å². The summed E-state index contributed by atoms with van der Waals surface area (Å²) in [7, 11) is 0. The molecule has 2 aliphatic carbocycles. The standard InChI is InChI=1S/C25H28O2/c26-24(20-12-4-1-5-13-20)27-23-17-9-8-16-22(23)25(18-10-3-11-19-25)21-14-6-2-7-15-21/h1-2,4-7,12-15H,3,8-11,16-19H2. The Morgan fingerprint density at radius 1 is 0.741 bits per heavy atom. The molecular formula is C25H28O2. The molecule has 1 fully saturated rings. The van der Waals surface area contributed by atoms with Crippen LogP contribution in [-0.2, 0) is 10.2 Å². The molecule has 0 bridgehead atoms. The predicted octanol–water partition coefficient (Wildman–Crippen LogP) is 6.57. The molecule has 0 saturated heterocycles. The van der Waals surface area contributed by atoms with E-state index in [1.54, 1.807) is 0 Å². The first-order valence-electron chi connectivity index (χ1n) is 10.3. The van der Waals surface area contributed by atoms with Gasteiger partial charge in [0.25, 0.3) is 0 Å². The first kappa shape index (κ1) is 18.0. The molecule has 27 heavy (non-hydrogen) atoms. The van der Waals surface area contributed by atoms with Crippen LogP contribution < -0.4 is 0 Å². The van der Waals surface area contributed by atoms with Crippen LogP contribution in [0, 0.1) is 0 Å². The van der Waals surface area contributed by atoms with E-state index in [9.17, 15) is 4.79 Å². The summed E-state index contributed by atoms with van der Waals surface area (Å²) in [6, 6.07) is 20.3. The average molecular weight is 360 g/mol. The number of carbonyl (C=O) groups excluding carboxylic acids is 1. The number of carbonyl (C=O) groups is 1. The Labute approximate surface area is 162 Å². The number of hydrogen-bond acceptors (Lipinski definition) is 2. The maximum absolute atomic E-state index is 12.7. The molecule has 0 spiro atoms. The summed E-state index contributed by atoms with van der Waals surface area (Å²) in [4.78, 5) is 12.7. The predicted molar refractivity (Wildman–Crippen MR) is 109 cm³/mol. The fourth-order valence-corrected chi connectivity index (χ4v) is 4.92. The van der Waals surface area contributed by atoms with E-state index in [-0.39, 0.29) is 11.4 Å². The fraction of sp³-hybridized carbons (Fsp3) is 0.400. The van der Waals surface area contributed by atoms with E-state index < -0.39 is 0 Å². The van der Waals surface area contributed by atoms with Crippen LogP contribution in [0.2, 0.25) is 0 Å². The van der Waals surface area contributed by atoms with Gasteiger partial charge < -0.3 is 4.74 Å². The summed E-state index contributed by atoms with van der Waals surface area (Å²) in [6.07, 6.45) is 10.4. The van der Waals surface area contributed by atoms with Gasteiger partial charge in [0.15, 0.2) is 0 Å². The first-order valence-corrected chi connectivity index (χ1v) is 10.3. The van der Waals surface area contributed by atoms with Crippen molar-refractivity contribution in [3.8, 4) is 0 Å². The van der Waals surface area contributed by atoms with Gasteiger partial charge >= 0.3 is 5.97 Å². The van der Waals surface area contributed by atoms with Crippen molar-refractivity contribution in [2.45, 2.75) is 63.2 Å². The van der Waals surface area contributed by atoms with Crippen molar-refractivity contribution in [2.24, 2.45) is 0 Å². The number of hydrogen-bond donors (Lipinski definition) is 0. The summed E-state index contributed by atoms with van der Waals surface area (Å²) in [5, 5.41) is 0. The van der Waals surface area contributed by atoms with Crippen LogP contribution in [0.25, 0.3) is 0 Å². The summed E-state index contributed by atoms with van der Waals surface area (Å²) in [5.74, 6) is 0.727. The smallest absolute Gasteiger partial charge is 0.343 e. The fourth-order valence-electron chi connectivity index (χ4n) is 4.92. The van der Waals surface area contributed by atoms with E-state index in [0.717, 1.165) is 25.0 Å². The van der Waals surface area contributed by atoms with Gasteiger partial charge in [0.05, 0.1) is 5.56 Å². The zero-order chi connectivity index (χ0) is 18.5. The van der Waals surface area contributed by atoms with Crippen LogP contribution in [0.3, 0.4) is 0 Å². The number of esters is 1. The maximum atomic E-state index is 12.7. The first-order chi connectivity index (χ1) is 13.3. The van der Waals surface area contributed by atoms with Crippen molar-refractivity contribution >= 4 is 5.97 Å². The third-order valence-corrected chi connectivity index (χ3v) is 6.25. The van der Waals surface area contributed by atoms with E-state index in [1.807, 2.05) is 30.3 Å². The van der Waals surface area contributed by atoms with Gasteiger partial charge in [-0.2, -0.15) is 0 Å².